The van der Waals surface area contributed by atoms with Gasteiger partial charge in [0.2, 0.25) is 0 Å². The number of benzene rings is 2. The van der Waals surface area contributed by atoms with Gasteiger partial charge in [0.25, 0.3) is 0 Å². The summed E-state index contributed by atoms with van der Waals surface area (Å²) in [5.41, 5.74) is 1.85. The number of carbonyl (C=O) groups is 2. The molecule has 0 spiro atoms. The summed E-state index contributed by atoms with van der Waals surface area (Å²) >= 11 is 0. The number of hydrogen-bond acceptors (Lipinski definition) is 6. The van der Waals surface area contributed by atoms with Crippen LogP contribution in [0.3, 0.4) is 0 Å². The van der Waals surface area contributed by atoms with E-state index >= 15 is 0 Å². The van der Waals surface area contributed by atoms with E-state index < -0.39 is 0 Å². The maximum atomic E-state index is 12.7. The van der Waals surface area contributed by atoms with Crippen LogP contribution in [0.5, 0.6) is 11.5 Å². The quantitative estimate of drug-likeness (QED) is 0.0957. The Bertz CT molecular complexity index is 1010. The first kappa shape index (κ1) is 33.6. The molecule has 42 heavy (non-hydrogen) atoms. The Morgan fingerprint density at radius 1 is 0.738 bits per heavy atom. The highest BCUT2D eigenvalue weighted by molar-refractivity contribution is 5.91. The molecule has 0 atom stereocenters. The highest BCUT2D eigenvalue weighted by Crippen LogP contribution is 2.38. The average Bonchev–Trinajstić information content (AvgIpc) is 3.02. The van der Waals surface area contributed by atoms with Crippen molar-refractivity contribution < 1.29 is 28.9 Å². The van der Waals surface area contributed by atoms with E-state index in [1.54, 1.807) is 24.3 Å². The summed E-state index contributed by atoms with van der Waals surface area (Å²) in [7, 11) is 0. The molecule has 0 amide bonds. The second-order valence-corrected chi connectivity index (χ2v) is 11.7. The number of aliphatic hydroxyl groups is 1. The van der Waals surface area contributed by atoms with Crippen molar-refractivity contribution in [2.45, 2.75) is 116 Å². The normalized spacial score (nSPS) is 16.6. The molecular formula is C36H52O6. The van der Waals surface area contributed by atoms with Gasteiger partial charge in [0.1, 0.15) is 11.5 Å². The first-order valence-corrected chi connectivity index (χ1v) is 16.4. The van der Waals surface area contributed by atoms with Crippen LogP contribution in [0.2, 0.25) is 0 Å². The lowest BCUT2D eigenvalue weighted by Crippen LogP contribution is -2.13. The standard InChI is InChI=1S/C36H52O6/c1-2-3-7-12-29-14-16-30(17-15-29)31-18-24-34(25-19-31)42-36(39)32-20-22-33(23-21-32)40-27-10-4-5-11-28-41-35(38)13-8-6-9-26-37/h18-25,29-30,37H,2-17,26-28H2,1H3. The van der Waals surface area contributed by atoms with Gasteiger partial charge in [-0.1, -0.05) is 51.2 Å². The Hall–Kier alpha value is -2.86. The van der Waals surface area contributed by atoms with Gasteiger partial charge in [-0.05, 0) is 118 Å². The average molecular weight is 581 g/mol. The van der Waals surface area contributed by atoms with Crippen LogP contribution in [0.25, 0.3) is 0 Å². The zero-order valence-corrected chi connectivity index (χ0v) is 25.7. The molecule has 3 rings (SSSR count). The summed E-state index contributed by atoms with van der Waals surface area (Å²) in [5, 5.41) is 8.75. The summed E-state index contributed by atoms with van der Waals surface area (Å²) in [6, 6.07) is 15.2. The Morgan fingerprint density at radius 3 is 2.10 bits per heavy atom. The van der Waals surface area contributed by atoms with Crippen molar-refractivity contribution in [2.75, 3.05) is 19.8 Å². The van der Waals surface area contributed by atoms with Crippen LogP contribution in [-0.4, -0.2) is 36.9 Å². The summed E-state index contributed by atoms with van der Waals surface area (Å²) in [5.74, 6) is 2.30. The molecule has 0 heterocycles. The minimum atomic E-state index is -0.368. The highest BCUT2D eigenvalue weighted by Gasteiger charge is 2.22. The van der Waals surface area contributed by atoms with Crippen molar-refractivity contribution in [3.8, 4) is 11.5 Å². The number of unbranched alkanes of at least 4 members (excludes halogenated alkanes) is 7. The minimum Gasteiger partial charge on any atom is -0.494 e. The number of aliphatic hydroxyl groups excluding tert-OH is 1. The fourth-order valence-electron chi connectivity index (χ4n) is 5.69. The molecule has 0 unspecified atom stereocenters. The Morgan fingerprint density at radius 2 is 1.40 bits per heavy atom. The molecule has 0 radical (unpaired) electrons. The van der Waals surface area contributed by atoms with Crippen LogP contribution < -0.4 is 9.47 Å². The largest absolute Gasteiger partial charge is 0.494 e. The van der Waals surface area contributed by atoms with Crippen LogP contribution in [-0.2, 0) is 9.53 Å². The van der Waals surface area contributed by atoms with Gasteiger partial charge in [0, 0.05) is 13.0 Å². The van der Waals surface area contributed by atoms with Gasteiger partial charge in [-0.25, -0.2) is 4.79 Å². The van der Waals surface area contributed by atoms with Gasteiger partial charge in [-0.2, -0.15) is 0 Å². The van der Waals surface area contributed by atoms with Crippen molar-refractivity contribution in [1.29, 1.82) is 0 Å². The Kier molecular flexibility index (Phi) is 16.1. The Labute approximate surface area is 253 Å². The molecule has 1 aliphatic rings. The number of carbonyl (C=O) groups excluding carboxylic acids is 2. The van der Waals surface area contributed by atoms with E-state index in [4.69, 9.17) is 19.3 Å². The van der Waals surface area contributed by atoms with Gasteiger partial charge in [0.15, 0.2) is 0 Å². The lowest BCUT2D eigenvalue weighted by Gasteiger charge is -2.29. The molecule has 0 saturated heterocycles. The van der Waals surface area contributed by atoms with Crippen LogP contribution in [0, 0.1) is 5.92 Å². The maximum Gasteiger partial charge on any atom is 0.343 e. The van der Waals surface area contributed by atoms with E-state index in [1.165, 1.54) is 56.9 Å². The summed E-state index contributed by atoms with van der Waals surface area (Å²) < 4.78 is 16.7. The molecule has 0 bridgehead atoms. The fraction of sp³-hybridized carbons (Fsp3) is 0.611. The fourth-order valence-corrected chi connectivity index (χ4v) is 5.69. The van der Waals surface area contributed by atoms with Crippen molar-refractivity contribution in [3.05, 3.63) is 59.7 Å². The van der Waals surface area contributed by atoms with Gasteiger partial charge >= 0.3 is 11.9 Å². The molecule has 2 aromatic rings. The van der Waals surface area contributed by atoms with Gasteiger partial charge in [0.05, 0.1) is 18.8 Å². The van der Waals surface area contributed by atoms with Crippen molar-refractivity contribution in [1.82, 2.24) is 0 Å². The molecule has 0 aliphatic heterocycles. The molecule has 1 saturated carbocycles. The molecular weight excluding hydrogens is 528 g/mol. The number of hydrogen-bond donors (Lipinski definition) is 1. The van der Waals surface area contributed by atoms with Crippen LogP contribution in [0.1, 0.15) is 131 Å². The van der Waals surface area contributed by atoms with Crippen molar-refractivity contribution >= 4 is 11.9 Å². The topological polar surface area (TPSA) is 82.1 Å². The van der Waals surface area contributed by atoms with E-state index in [0.717, 1.165) is 56.6 Å². The van der Waals surface area contributed by atoms with E-state index in [2.05, 4.69) is 19.1 Å². The minimum absolute atomic E-state index is 0.151. The zero-order chi connectivity index (χ0) is 29.8. The third-order valence-electron chi connectivity index (χ3n) is 8.32. The molecule has 232 valence electrons. The first-order chi connectivity index (χ1) is 20.6. The van der Waals surface area contributed by atoms with Gasteiger partial charge in [-0.15, -0.1) is 0 Å². The van der Waals surface area contributed by atoms with E-state index in [0.29, 0.717) is 36.9 Å². The van der Waals surface area contributed by atoms with Gasteiger partial charge < -0.3 is 19.3 Å². The maximum absolute atomic E-state index is 12.7. The third kappa shape index (κ3) is 13.0. The van der Waals surface area contributed by atoms with Gasteiger partial charge in [-0.3, -0.25) is 4.79 Å². The van der Waals surface area contributed by atoms with Crippen molar-refractivity contribution in [3.63, 3.8) is 0 Å². The predicted octanol–water partition coefficient (Wildman–Crippen LogP) is 8.80. The molecule has 1 N–H and O–H groups in total. The second kappa shape index (κ2) is 20.1. The lowest BCUT2D eigenvalue weighted by atomic mass is 9.77. The predicted molar refractivity (Wildman–Crippen MR) is 167 cm³/mol. The SMILES string of the molecule is CCCCCC1CCC(c2ccc(OC(=O)c3ccc(OCCCCCCOC(=O)CCCCCO)cc3)cc2)CC1. The molecule has 1 aliphatic carbocycles. The lowest BCUT2D eigenvalue weighted by molar-refractivity contribution is -0.143. The van der Waals surface area contributed by atoms with E-state index in [-0.39, 0.29) is 18.5 Å². The van der Waals surface area contributed by atoms with E-state index in [9.17, 15) is 9.59 Å². The number of ether oxygens (including phenoxy) is 3. The van der Waals surface area contributed by atoms with Crippen LogP contribution in [0.4, 0.5) is 0 Å². The van der Waals surface area contributed by atoms with Crippen LogP contribution >= 0.6 is 0 Å². The third-order valence-corrected chi connectivity index (χ3v) is 8.32. The number of rotatable bonds is 20. The first-order valence-electron chi connectivity index (χ1n) is 16.4. The van der Waals surface area contributed by atoms with Crippen molar-refractivity contribution in [2.24, 2.45) is 5.92 Å². The highest BCUT2D eigenvalue weighted by atomic mass is 16.5. The second-order valence-electron chi connectivity index (χ2n) is 11.7. The molecule has 2 aromatic carbocycles. The Balaban J connectivity index is 1.27. The summed E-state index contributed by atoms with van der Waals surface area (Å²) in [4.78, 5) is 24.3. The molecule has 0 aromatic heterocycles. The zero-order valence-electron chi connectivity index (χ0n) is 25.7. The molecule has 1 fully saturated rings. The number of esters is 2. The smallest absolute Gasteiger partial charge is 0.343 e. The monoisotopic (exact) mass is 580 g/mol. The summed E-state index contributed by atoms with van der Waals surface area (Å²) in [6.07, 6.45) is 17.1. The molecule has 6 nitrogen and oxygen atoms in total. The molecule has 6 heteroatoms. The van der Waals surface area contributed by atoms with Crippen LogP contribution in [0.15, 0.2) is 48.5 Å². The summed E-state index contributed by atoms with van der Waals surface area (Å²) in [6.45, 7) is 3.50. The van der Waals surface area contributed by atoms with E-state index in [1.807, 2.05) is 12.1 Å².